The lowest BCUT2D eigenvalue weighted by molar-refractivity contribution is 0.180. The van der Waals surface area contributed by atoms with E-state index in [0.29, 0.717) is 18.1 Å². The standard InChI is InChI=1S/C19H23N5O2/c1-4-24(5-2)13-8-6-12(7-9-13)16-14(10-20)18(21)26-19-17(16)15(11-25-3)22-23-19/h6-9,16H,4-5,11,21H2,1-3H3,(H,22,23)/t16-/m1/s1. The average molecular weight is 353 g/mol. The molecule has 0 fully saturated rings. The van der Waals surface area contributed by atoms with Gasteiger partial charge in [-0.3, -0.25) is 5.10 Å². The molecule has 3 rings (SSSR count). The summed E-state index contributed by atoms with van der Waals surface area (Å²) in [4.78, 5) is 2.27. The van der Waals surface area contributed by atoms with Gasteiger partial charge in [0.1, 0.15) is 11.6 Å². The number of H-pyrrole nitrogens is 1. The van der Waals surface area contributed by atoms with E-state index >= 15 is 0 Å². The first-order chi connectivity index (χ1) is 12.6. The lowest BCUT2D eigenvalue weighted by Gasteiger charge is -2.25. The highest BCUT2D eigenvalue weighted by molar-refractivity contribution is 5.57. The SMILES string of the molecule is CCN(CC)c1ccc([C@@H]2C(C#N)=C(N)Oc3n[nH]c(COC)c32)cc1. The molecule has 1 aromatic carbocycles. The Morgan fingerprint density at radius 1 is 1.31 bits per heavy atom. The van der Waals surface area contributed by atoms with Crippen molar-refractivity contribution in [3.63, 3.8) is 0 Å². The first kappa shape index (κ1) is 17.8. The van der Waals surface area contributed by atoms with E-state index < -0.39 is 0 Å². The van der Waals surface area contributed by atoms with Crippen molar-refractivity contribution in [2.75, 3.05) is 25.1 Å². The number of methoxy groups -OCH3 is 1. The number of hydrogen-bond donors (Lipinski definition) is 2. The summed E-state index contributed by atoms with van der Waals surface area (Å²) in [6.45, 7) is 6.47. The largest absolute Gasteiger partial charge is 0.420 e. The van der Waals surface area contributed by atoms with Gasteiger partial charge in [-0.1, -0.05) is 12.1 Å². The van der Waals surface area contributed by atoms with Crippen molar-refractivity contribution in [1.29, 1.82) is 5.26 Å². The van der Waals surface area contributed by atoms with Crippen LogP contribution in [0, 0.1) is 11.3 Å². The first-order valence-electron chi connectivity index (χ1n) is 8.63. The van der Waals surface area contributed by atoms with E-state index in [1.54, 1.807) is 7.11 Å². The van der Waals surface area contributed by atoms with Gasteiger partial charge in [-0.2, -0.15) is 5.26 Å². The number of aromatic nitrogens is 2. The highest BCUT2D eigenvalue weighted by Crippen LogP contribution is 2.43. The zero-order valence-electron chi connectivity index (χ0n) is 15.2. The molecule has 7 heteroatoms. The summed E-state index contributed by atoms with van der Waals surface area (Å²) in [7, 11) is 1.61. The van der Waals surface area contributed by atoms with Gasteiger partial charge in [-0.05, 0) is 31.5 Å². The molecule has 0 amide bonds. The van der Waals surface area contributed by atoms with Crippen LogP contribution in [0.4, 0.5) is 5.69 Å². The second-order valence-corrected chi connectivity index (χ2v) is 6.04. The normalized spacial score (nSPS) is 16.0. The maximum atomic E-state index is 9.66. The molecule has 136 valence electrons. The molecule has 0 saturated carbocycles. The van der Waals surface area contributed by atoms with Gasteiger partial charge in [0, 0.05) is 25.9 Å². The van der Waals surface area contributed by atoms with Gasteiger partial charge in [-0.25, -0.2) is 0 Å². The van der Waals surface area contributed by atoms with Crippen molar-refractivity contribution in [3.05, 3.63) is 52.5 Å². The van der Waals surface area contributed by atoms with Crippen LogP contribution in [-0.4, -0.2) is 30.4 Å². The van der Waals surface area contributed by atoms with Crippen LogP contribution in [0.15, 0.2) is 35.7 Å². The number of ether oxygens (including phenoxy) is 2. The molecule has 1 atom stereocenters. The minimum absolute atomic E-state index is 0.0910. The Labute approximate surface area is 153 Å². The first-order valence-corrected chi connectivity index (χ1v) is 8.63. The predicted molar refractivity (Wildman–Crippen MR) is 98.6 cm³/mol. The molecule has 0 aliphatic carbocycles. The summed E-state index contributed by atoms with van der Waals surface area (Å²) in [6, 6.07) is 10.4. The van der Waals surface area contributed by atoms with Crippen molar-refractivity contribution in [1.82, 2.24) is 10.2 Å². The number of nitrogens with zero attached hydrogens (tertiary/aromatic N) is 3. The summed E-state index contributed by atoms with van der Waals surface area (Å²) in [5.74, 6) is 0.151. The number of fused-ring (bicyclic) bond motifs is 1. The number of aromatic amines is 1. The van der Waals surface area contributed by atoms with E-state index in [0.717, 1.165) is 35.6 Å². The highest BCUT2D eigenvalue weighted by Gasteiger charge is 2.35. The van der Waals surface area contributed by atoms with Crippen molar-refractivity contribution in [2.24, 2.45) is 5.73 Å². The molecule has 1 aliphatic heterocycles. The third-order valence-electron chi connectivity index (χ3n) is 4.66. The van der Waals surface area contributed by atoms with Crippen LogP contribution >= 0.6 is 0 Å². The van der Waals surface area contributed by atoms with E-state index in [9.17, 15) is 5.26 Å². The molecular weight excluding hydrogens is 330 g/mol. The number of rotatable bonds is 6. The summed E-state index contributed by atoms with van der Waals surface area (Å²) < 4.78 is 10.8. The lowest BCUT2D eigenvalue weighted by atomic mass is 9.84. The summed E-state index contributed by atoms with van der Waals surface area (Å²) in [6.07, 6.45) is 0. The van der Waals surface area contributed by atoms with E-state index in [-0.39, 0.29) is 11.8 Å². The third-order valence-corrected chi connectivity index (χ3v) is 4.66. The van der Waals surface area contributed by atoms with Crippen LogP contribution in [0.1, 0.15) is 36.6 Å². The second kappa shape index (κ2) is 7.50. The van der Waals surface area contributed by atoms with Gasteiger partial charge >= 0.3 is 0 Å². The van der Waals surface area contributed by atoms with Crippen LogP contribution in [0.5, 0.6) is 5.88 Å². The molecule has 0 radical (unpaired) electrons. The molecule has 1 aliphatic rings. The Kier molecular flexibility index (Phi) is 5.14. The summed E-state index contributed by atoms with van der Waals surface area (Å²) >= 11 is 0. The molecule has 0 unspecified atom stereocenters. The van der Waals surface area contributed by atoms with E-state index in [1.165, 1.54) is 0 Å². The summed E-state index contributed by atoms with van der Waals surface area (Å²) in [5.41, 5.74) is 10.0. The quantitative estimate of drug-likeness (QED) is 0.828. The zero-order valence-corrected chi connectivity index (χ0v) is 15.2. The van der Waals surface area contributed by atoms with E-state index in [2.05, 4.69) is 47.1 Å². The molecule has 3 N–H and O–H groups in total. The van der Waals surface area contributed by atoms with Gasteiger partial charge in [0.15, 0.2) is 0 Å². The monoisotopic (exact) mass is 353 g/mol. The van der Waals surface area contributed by atoms with Gasteiger partial charge in [0.05, 0.1) is 23.8 Å². The van der Waals surface area contributed by atoms with Crippen LogP contribution in [0.25, 0.3) is 0 Å². The fourth-order valence-corrected chi connectivity index (χ4v) is 3.36. The van der Waals surface area contributed by atoms with Crippen LogP contribution < -0.4 is 15.4 Å². The number of benzene rings is 1. The fraction of sp³-hybridized carbons (Fsp3) is 0.368. The number of nitrogens with one attached hydrogen (secondary N) is 1. The maximum absolute atomic E-state index is 9.66. The minimum Gasteiger partial charge on any atom is -0.420 e. The maximum Gasteiger partial charge on any atom is 0.244 e. The predicted octanol–water partition coefficient (Wildman–Crippen LogP) is 2.62. The van der Waals surface area contributed by atoms with Gasteiger partial charge in [0.25, 0.3) is 0 Å². The van der Waals surface area contributed by atoms with Gasteiger partial charge in [0.2, 0.25) is 11.8 Å². The molecule has 0 saturated heterocycles. The van der Waals surface area contributed by atoms with Crippen molar-refractivity contribution < 1.29 is 9.47 Å². The molecule has 2 aromatic rings. The second-order valence-electron chi connectivity index (χ2n) is 6.04. The topological polar surface area (TPSA) is 100 Å². The molecule has 2 heterocycles. The Balaban J connectivity index is 2.07. The smallest absolute Gasteiger partial charge is 0.244 e. The molecule has 1 aromatic heterocycles. The average Bonchev–Trinajstić information content (AvgIpc) is 3.05. The van der Waals surface area contributed by atoms with Crippen LogP contribution in [0.3, 0.4) is 0 Å². The number of allylic oxidation sites excluding steroid dienone is 1. The molecule has 0 bridgehead atoms. The molecule has 7 nitrogen and oxygen atoms in total. The van der Waals surface area contributed by atoms with Gasteiger partial charge < -0.3 is 20.1 Å². The Hall–Kier alpha value is -2.98. The fourth-order valence-electron chi connectivity index (χ4n) is 3.36. The molecule has 0 spiro atoms. The van der Waals surface area contributed by atoms with Crippen molar-refractivity contribution in [2.45, 2.75) is 26.4 Å². The summed E-state index contributed by atoms with van der Waals surface area (Å²) in [5, 5.41) is 16.8. The van der Waals surface area contributed by atoms with Gasteiger partial charge in [-0.15, -0.1) is 5.10 Å². The van der Waals surface area contributed by atoms with E-state index in [4.69, 9.17) is 15.2 Å². The Morgan fingerprint density at radius 2 is 2.00 bits per heavy atom. The van der Waals surface area contributed by atoms with Crippen molar-refractivity contribution in [3.8, 4) is 11.9 Å². The highest BCUT2D eigenvalue weighted by atomic mass is 16.5. The van der Waals surface area contributed by atoms with Crippen LogP contribution in [0.2, 0.25) is 0 Å². The van der Waals surface area contributed by atoms with Crippen LogP contribution in [-0.2, 0) is 11.3 Å². The number of hydrogen-bond acceptors (Lipinski definition) is 6. The lowest BCUT2D eigenvalue weighted by Crippen LogP contribution is -2.22. The zero-order chi connectivity index (χ0) is 18.7. The van der Waals surface area contributed by atoms with E-state index in [1.807, 2.05) is 12.1 Å². The Bertz CT molecular complexity index is 844. The number of nitrogens with two attached hydrogens (primary N) is 1. The molecule has 26 heavy (non-hydrogen) atoms. The Morgan fingerprint density at radius 3 is 2.58 bits per heavy atom. The van der Waals surface area contributed by atoms with Crippen molar-refractivity contribution >= 4 is 5.69 Å². The number of nitriles is 1. The third kappa shape index (κ3) is 3.00. The minimum atomic E-state index is -0.335. The number of anilines is 1. The molecular formula is C19H23N5O2.